The van der Waals surface area contributed by atoms with Crippen LogP contribution in [0.3, 0.4) is 0 Å². The molecule has 6 heteroatoms. The van der Waals surface area contributed by atoms with Crippen molar-refractivity contribution in [2.24, 2.45) is 4.99 Å². The van der Waals surface area contributed by atoms with Gasteiger partial charge in [0.05, 0.1) is 18.2 Å². The molecule has 1 aromatic carbocycles. The standard InChI is InChI=1S/C22H35N5O/c1-23-22(25-20-14-19-8-9-21(20)28-19)24-15-17-4-6-18(7-5-17)16-27-11-3-10-26(2)12-13-27/h4-7,19-21H,3,8-16H2,1-2H3,(H2,23,24,25). The number of nitrogens with one attached hydrogen (secondary N) is 2. The Morgan fingerprint density at radius 3 is 2.64 bits per heavy atom. The Balaban J connectivity index is 1.23. The first-order chi connectivity index (χ1) is 13.7. The maximum Gasteiger partial charge on any atom is 0.191 e. The van der Waals surface area contributed by atoms with E-state index >= 15 is 0 Å². The van der Waals surface area contributed by atoms with E-state index in [-0.39, 0.29) is 0 Å². The van der Waals surface area contributed by atoms with Gasteiger partial charge in [-0.2, -0.15) is 0 Å². The van der Waals surface area contributed by atoms with Gasteiger partial charge in [-0.25, -0.2) is 0 Å². The highest BCUT2D eigenvalue weighted by Crippen LogP contribution is 2.34. The summed E-state index contributed by atoms with van der Waals surface area (Å²) in [5.74, 6) is 0.874. The molecule has 2 N–H and O–H groups in total. The Labute approximate surface area is 169 Å². The number of likely N-dealkylation sites (N-methyl/N-ethyl adjacent to an activating group) is 1. The predicted molar refractivity (Wildman–Crippen MR) is 113 cm³/mol. The third-order valence-electron chi connectivity index (χ3n) is 6.35. The van der Waals surface area contributed by atoms with Crippen LogP contribution >= 0.6 is 0 Å². The van der Waals surface area contributed by atoms with Gasteiger partial charge in [0, 0.05) is 33.2 Å². The van der Waals surface area contributed by atoms with Crippen molar-refractivity contribution < 1.29 is 4.74 Å². The van der Waals surface area contributed by atoms with Crippen LogP contribution in [0.1, 0.15) is 36.8 Å². The normalized spacial score (nSPS) is 29.1. The third kappa shape index (κ3) is 5.04. The van der Waals surface area contributed by atoms with Gasteiger partial charge >= 0.3 is 0 Å². The molecule has 3 fully saturated rings. The summed E-state index contributed by atoms with van der Waals surface area (Å²) in [5.41, 5.74) is 2.68. The summed E-state index contributed by atoms with van der Waals surface area (Å²) in [6.45, 7) is 6.58. The number of guanidine groups is 1. The van der Waals surface area contributed by atoms with E-state index in [9.17, 15) is 0 Å². The second kappa shape index (κ2) is 9.25. The molecule has 3 heterocycles. The number of benzene rings is 1. The summed E-state index contributed by atoms with van der Waals surface area (Å²) in [4.78, 5) is 9.39. The van der Waals surface area contributed by atoms with Crippen molar-refractivity contribution in [3.8, 4) is 0 Å². The lowest BCUT2D eigenvalue weighted by atomic mass is 9.96. The maximum atomic E-state index is 5.93. The highest BCUT2D eigenvalue weighted by molar-refractivity contribution is 5.80. The van der Waals surface area contributed by atoms with Crippen LogP contribution in [0.15, 0.2) is 29.3 Å². The topological polar surface area (TPSA) is 52.1 Å². The van der Waals surface area contributed by atoms with Gasteiger partial charge in [0.2, 0.25) is 0 Å². The molecule has 0 aliphatic carbocycles. The van der Waals surface area contributed by atoms with E-state index < -0.39 is 0 Å². The molecule has 0 aromatic heterocycles. The van der Waals surface area contributed by atoms with Crippen LogP contribution in [-0.2, 0) is 17.8 Å². The molecule has 0 spiro atoms. The average Bonchev–Trinajstić information content (AvgIpc) is 3.27. The lowest BCUT2D eigenvalue weighted by Gasteiger charge is -2.23. The summed E-state index contributed by atoms with van der Waals surface area (Å²) >= 11 is 0. The van der Waals surface area contributed by atoms with E-state index in [1.165, 1.54) is 50.0 Å². The minimum Gasteiger partial charge on any atom is -0.373 e. The Morgan fingerprint density at radius 2 is 1.93 bits per heavy atom. The fraction of sp³-hybridized carbons (Fsp3) is 0.682. The van der Waals surface area contributed by atoms with E-state index in [4.69, 9.17) is 4.74 Å². The smallest absolute Gasteiger partial charge is 0.191 e. The van der Waals surface area contributed by atoms with Gasteiger partial charge in [-0.1, -0.05) is 24.3 Å². The van der Waals surface area contributed by atoms with E-state index in [1.54, 1.807) is 0 Å². The van der Waals surface area contributed by atoms with Crippen molar-refractivity contribution in [3.63, 3.8) is 0 Å². The van der Waals surface area contributed by atoms with Crippen molar-refractivity contribution >= 4 is 5.96 Å². The zero-order valence-electron chi connectivity index (χ0n) is 17.4. The SMILES string of the molecule is CN=C(NCc1ccc(CN2CCCN(C)CC2)cc1)NC1CC2CCC1O2. The molecule has 3 aliphatic heterocycles. The van der Waals surface area contributed by atoms with Gasteiger partial charge in [-0.05, 0) is 56.9 Å². The van der Waals surface area contributed by atoms with E-state index in [2.05, 4.69) is 56.7 Å². The van der Waals surface area contributed by atoms with Crippen LogP contribution in [-0.4, -0.2) is 74.3 Å². The van der Waals surface area contributed by atoms with Crippen LogP contribution in [0.4, 0.5) is 0 Å². The number of aliphatic imine (C=N–C) groups is 1. The molecule has 3 saturated heterocycles. The first-order valence-electron chi connectivity index (χ1n) is 10.8. The Bertz CT molecular complexity index is 661. The van der Waals surface area contributed by atoms with Crippen LogP contribution in [0.25, 0.3) is 0 Å². The minimum atomic E-state index is 0.363. The van der Waals surface area contributed by atoms with E-state index in [1.807, 2.05) is 7.05 Å². The van der Waals surface area contributed by atoms with Crippen molar-refractivity contribution in [2.75, 3.05) is 40.3 Å². The van der Waals surface area contributed by atoms with E-state index in [0.29, 0.717) is 18.2 Å². The molecule has 2 bridgehead atoms. The fourth-order valence-electron chi connectivity index (χ4n) is 4.62. The number of ether oxygens (including phenoxy) is 1. The number of nitrogens with zero attached hydrogens (tertiary/aromatic N) is 3. The zero-order chi connectivity index (χ0) is 19.3. The number of hydrogen-bond donors (Lipinski definition) is 2. The van der Waals surface area contributed by atoms with Crippen LogP contribution in [0, 0.1) is 0 Å². The maximum absolute atomic E-state index is 5.93. The van der Waals surface area contributed by atoms with Crippen molar-refractivity contribution in [3.05, 3.63) is 35.4 Å². The second-order valence-electron chi connectivity index (χ2n) is 8.54. The van der Waals surface area contributed by atoms with Gasteiger partial charge in [0.1, 0.15) is 0 Å². The summed E-state index contributed by atoms with van der Waals surface area (Å²) < 4.78 is 5.93. The molecule has 0 radical (unpaired) electrons. The molecule has 3 atom stereocenters. The molecule has 28 heavy (non-hydrogen) atoms. The van der Waals surface area contributed by atoms with Crippen LogP contribution in [0.5, 0.6) is 0 Å². The van der Waals surface area contributed by atoms with Crippen molar-refractivity contribution in [1.29, 1.82) is 0 Å². The minimum absolute atomic E-state index is 0.363. The molecule has 154 valence electrons. The highest BCUT2D eigenvalue weighted by Gasteiger charge is 2.41. The Kier molecular flexibility index (Phi) is 6.50. The van der Waals surface area contributed by atoms with Gasteiger partial charge in [-0.3, -0.25) is 9.89 Å². The van der Waals surface area contributed by atoms with Crippen LogP contribution in [0.2, 0.25) is 0 Å². The molecule has 6 nitrogen and oxygen atoms in total. The molecule has 3 unspecified atom stereocenters. The van der Waals surface area contributed by atoms with Crippen molar-refractivity contribution in [1.82, 2.24) is 20.4 Å². The predicted octanol–water partition coefficient (Wildman–Crippen LogP) is 1.81. The number of rotatable bonds is 5. The number of fused-ring (bicyclic) bond motifs is 2. The monoisotopic (exact) mass is 385 g/mol. The summed E-state index contributed by atoms with van der Waals surface area (Å²) in [5, 5.41) is 7.00. The molecule has 0 saturated carbocycles. The van der Waals surface area contributed by atoms with Gasteiger partial charge in [0.15, 0.2) is 5.96 Å². The Hall–Kier alpha value is -1.63. The lowest BCUT2D eigenvalue weighted by molar-refractivity contribution is 0.0992. The Morgan fingerprint density at radius 1 is 1.11 bits per heavy atom. The first-order valence-corrected chi connectivity index (χ1v) is 10.8. The van der Waals surface area contributed by atoms with Crippen LogP contribution < -0.4 is 10.6 Å². The molecular weight excluding hydrogens is 350 g/mol. The molecule has 3 aliphatic rings. The third-order valence-corrected chi connectivity index (χ3v) is 6.35. The lowest BCUT2D eigenvalue weighted by Crippen LogP contribution is -2.47. The number of hydrogen-bond acceptors (Lipinski definition) is 4. The summed E-state index contributed by atoms with van der Waals surface area (Å²) in [7, 11) is 4.06. The molecular formula is C22H35N5O. The second-order valence-corrected chi connectivity index (χ2v) is 8.54. The zero-order valence-corrected chi connectivity index (χ0v) is 17.4. The average molecular weight is 386 g/mol. The quantitative estimate of drug-likeness (QED) is 0.598. The molecule has 1 aromatic rings. The van der Waals surface area contributed by atoms with Gasteiger partial charge in [-0.15, -0.1) is 0 Å². The first kappa shape index (κ1) is 19.7. The van der Waals surface area contributed by atoms with E-state index in [0.717, 1.165) is 32.0 Å². The summed E-state index contributed by atoms with van der Waals surface area (Å²) in [6.07, 6.45) is 5.58. The largest absolute Gasteiger partial charge is 0.373 e. The van der Waals surface area contributed by atoms with Gasteiger partial charge in [0.25, 0.3) is 0 Å². The fourth-order valence-corrected chi connectivity index (χ4v) is 4.62. The molecule has 4 rings (SSSR count). The summed E-state index contributed by atoms with van der Waals surface area (Å²) in [6, 6.07) is 9.41. The van der Waals surface area contributed by atoms with Crippen molar-refractivity contribution in [2.45, 2.75) is 57.0 Å². The molecule has 0 amide bonds. The highest BCUT2D eigenvalue weighted by atomic mass is 16.5. The van der Waals surface area contributed by atoms with Gasteiger partial charge < -0.3 is 20.3 Å².